The van der Waals surface area contributed by atoms with E-state index in [1.807, 2.05) is 34.6 Å². The van der Waals surface area contributed by atoms with Gasteiger partial charge in [0.05, 0.1) is 12.1 Å². The van der Waals surface area contributed by atoms with Crippen LogP contribution in [0.1, 0.15) is 87.0 Å². The average molecular weight is 647 g/mol. The van der Waals surface area contributed by atoms with E-state index in [-0.39, 0.29) is 35.7 Å². The van der Waals surface area contributed by atoms with Crippen LogP contribution in [0.25, 0.3) is 0 Å². The van der Waals surface area contributed by atoms with E-state index in [0.717, 1.165) is 32.1 Å². The van der Waals surface area contributed by atoms with Crippen LogP contribution in [0, 0.1) is 40.4 Å². The molecular weight excluding hydrogens is 592 g/mol. The lowest BCUT2D eigenvalue weighted by Crippen LogP contribution is -2.62. The molecule has 0 aromatic rings. The normalized spacial score (nSPS) is 25.3. The Hall–Kier alpha value is -3.38. The molecule has 3 aliphatic carbocycles. The van der Waals surface area contributed by atoms with E-state index in [1.54, 1.807) is 0 Å². The highest BCUT2D eigenvalue weighted by Crippen LogP contribution is 2.65. The quantitative estimate of drug-likeness (QED) is 0.179. The summed E-state index contributed by atoms with van der Waals surface area (Å²) in [6, 6.07) is -3.99. The summed E-state index contributed by atoms with van der Waals surface area (Å²) < 4.78 is 5.35. The van der Waals surface area contributed by atoms with Gasteiger partial charge in [-0.3, -0.25) is 19.2 Å². The minimum atomic E-state index is -1.10. The number of primary amides is 1. The Morgan fingerprint density at radius 1 is 0.957 bits per heavy atom. The number of hydrogen-bond acceptors (Lipinski definition) is 7. The van der Waals surface area contributed by atoms with Gasteiger partial charge in [0, 0.05) is 13.1 Å². The van der Waals surface area contributed by atoms with Gasteiger partial charge in [0.25, 0.3) is 5.91 Å². The van der Waals surface area contributed by atoms with Crippen molar-refractivity contribution >= 4 is 35.6 Å². The molecule has 13 heteroatoms. The van der Waals surface area contributed by atoms with Crippen LogP contribution in [0.4, 0.5) is 9.59 Å². The number of alkyl carbamates (subject to hydrolysis) is 1. The summed E-state index contributed by atoms with van der Waals surface area (Å²) in [4.78, 5) is 79.6. The zero-order valence-corrected chi connectivity index (χ0v) is 28.4. The number of likely N-dealkylation sites (tertiary alicyclic amines) is 1. The minimum Gasteiger partial charge on any atom is -0.447 e. The van der Waals surface area contributed by atoms with E-state index in [9.17, 15) is 28.8 Å². The molecule has 6 amide bonds. The second-order valence-corrected chi connectivity index (χ2v) is 15.9. The lowest BCUT2D eigenvalue weighted by atomic mass is 9.80. The number of amides is 6. The lowest BCUT2D eigenvalue weighted by molar-refractivity contribution is -0.145. The molecule has 4 rings (SSSR count). The van der Waals surface area contributed by atoms with Crippen LogP contribution >= 0.6 is 0 Å². The van der Waals surface area contributed by atoms with Gasteiger partial charge in [-0.05, 0) is 59.7 Å². The molecule has 4 aliphatic rings. The highest BCUT2D eigenvalue weighted by Gasteiger charge is 2.70. The zero-order chi connectivity index (χ0) is 34.1. The molecule has 6 N–H and O–H groups in total. The Labute approximate surface area is 272 Å². The highest BCUT2D eigenvalue weighted by molar-refractivity contribution is 6.37. The van der Waals surface area contributed by atoms with Crippen molar-refractivity contribution < 1.29 is 33.5 Å². The molecule has 258 valence electrons. The van der Waals surface area contributed by atoms with Crippen LogP contribution in [0.3, 0.4) is 0 Å². The second kappa shape index (κ2) is 13.8. The maximum atomic E-state index is 14.2. The zero-order valence-electron chi connectivity index (χ0n) is 28.4. The molecule has 4 fully saturated rings. The number of fused-ring (bicyclic) bond motifs is 1. The Kier molecular flexibility index (Phi) is 10.6. The molecular formula is C33H54N6O7. The molecule has 1 saturated heterocycles. The monoisotopic (exact) mass is 646 g/mol. The average Bonchev–Trinajstić information content (AvgIpc) is 3.80. The first-order valence-electron chi connectivity index (χ1n) is 16.8. The van der Waals surface area contributed by atoms with E-state index >= 15 is 0 Å². The van der Waals surface area contributed by atoms with E-state index in [0.29, 0.717) is 25.4 Å². The van der Waals surface area contributed by atoms with Crippen molar-refractivity contribution in [3.63, 3.8) is 0 Å². The number of ether oxygens (including phenoxy) is 1. The number of urea groups is 1. The third kappa shape index (κ3) is 8.31. The second-order valence-electron chi connectivity index (χ2n) is 15.9. The number of ketones is 1. The van der Waals surface area contributed by atoms with Gasteiger partial charge in [0.1, 0.15) is 18.7 Å². The molecule has 6 atom stereocenters. The van der Waals surface area contributed by atoms with E-state index in [4.69, 9.17) is 10.5 Å². The van der Waals surface area contributed by atoms with Gasteiger partial charge in [-0.2, -0.15) is 0 Å². The fraction of sp³-hybridized carbons (Fsp3) is 0.818. The predicted molar refractivity (Wildman–Crippen MR) is 170 cm³/mol. The molecule has 0 spiro atoms. The topological polar surface area (TPSA) is 189 Å². The fourth-order valence-electron chi connectivity index (χ4n) is 6.86. The number of nitrogens with zero attached hydrogens (tertiary/aromatic N) is 1. The van der Waals surface area contributed by atoms with Crippen molar-refractivity contribution in [1.29, 1.82) is 0 Å². The first-order valence-corrected chi connectivity index (χ1v) is 16.8. The lowest BCUT2D eigenvalue weighted by Gasteiger charge is -2.38. The maximum Gasteiger partial charge on any atom is 0.407 e. The molecule has 46 heavy (non-hydrogen) atoms. The number of nitrogens with one attached hydrogen (secondary N) is 4. The third-order valence-electron chi connectivity index (χ3n) is 10.6. The number of carbonyl (C=O) groups excluding carboxylic acids is 6. The van der Waals surface area contributed by atoms with E-state index < -0.39 is 65.2 Å². The summed E-state index contributed by atoms with van der Waals surface area (Å²) in [5.41, 5.74) is 4.41. The van der Waals surface area contributed by atoms with Gasteiger partial charge in [-0.1, -0.05) is 67.7 Å². The van der Waals surface area contributed by atoms with Crippen LogP contribution < -0.4 is 27.0 Å². The number of nitrogens with two attached hydrogens (primary N) is 1. The summed E-state index contributed by atoms with van der Waals surface area (Å²) in [5, 5.41) is 11.2. The molecule has 0 aromatic heterocycles. The first-order chi connectivity index (χ1) is 21.4. The third-order valence-corrected chi connectivity index (χ3v) is 10.6. The largest absolute Gasteiger partial charge is 0.447 e. The van der Waals surface area contributed by atoms with Crippen LogP contribution in [0.2, 0.25) is 0 Å². The Morgan fingerprint density at radius 3 is 2.13 bits per heavy atom. The Bertz CT molecular complexity index is 1210. The van der Waals surface area contributed by atoms with Gasteiger partial charge < -0.3 is 36.6 Å². The van der Waals surface area contributed by atoms with Crippen molar-refractivity contribution in [2.45, 2.75) is 111 Å². The summed E-state index contributed by atoms with van der Waals surface area (Å²) in [5.74, 6) is -2.21. The van der Waals surface area contributed by atoms with Gasteiger partial charge in [-0.15, -0.1) is 0 Å². The fourth-order valence-corrected chi connectivity index (χ4v) is 6.86. The van der Waals surface area contributed by atoms with Gasteiger partial charge >= 0.3 is 12.1 Å². The molecule has 3 saturated carbocycles. The number of carbonyl (C=O) groups is 6. The van der Waals surface area contributed by atoms with Crippen LogP contribution in [0.15, 0.2) is 0 Å². The molecule has 1 heterocycles. The van der Waals surface area contributed by atoms with Gasteiger partial charge in [0.2, 0.25) is 17.6 Å². The molecule has 13 nitrogen and oxygen atoms in total. The van der Waals surface area contributed by atoms with Gasteiger partial charge in [-0.25, -0.2) is 9.59 Å². The maximum absolute atomic E-state index is 14.2. The number of Topliss-reactive ketones (excluding diaryl/α,β-unsaturated/α-hetero) is 1. The molecule has 0 radical (unpaired) electrons. The Morgan fingerprint density at radius 2 is 1.61 bits per heavy atom. The van der Waals surface area contributed by atoms with Crippen molar-refractivity contribution in [1.82, 2.24) is 26.2 Å². The van der Waals surface area contributed by atoms with E-state index in [1.165, 1.54) is 4.90 Å². The van der Waals surface area contributed by atoms with Crippen LogP contribution in [0.5, 0.6) is 0 Å². The molecule has 1 unspecified atom stereocenters. The highest BCUT2D eigenvalue weighted by atomic mass is 16.5. The van der Waals surface area contributed by atoms with E-state index in [2.05, 4.69) is 35.1 Å². The molecule has 0 aromatic carbocycles. The standard InChI is InChI=1S/C33H54N6O7/c1-17(2)22(16-46-31(45)35-14-19-11-12-19)37-30(44)38-26(32(3,4)5)29(43)39-15-20-23(33(20,6)7)24(39)28(42)36-21(25(40)27(34)41)13-18-9-8-10-18/h17-24,26H,8-16H2,1-7H3,(H2,34,41)(H,35,45)(H,36,42)(H2,37,38,44)/t20-,21?,22+,23-,24-,26+/m0/s1. The summed E-state index contributed by atoms with van der Waals surface area (Å²) >= 11 is 0. The van der Waals surface area contributed by atoms with Crippen LogP contribution in [-0.2, 0) is 23.9 Å². The van der Waals surface area contributed by atoms with Crippen molar-refractivity contribution in [3.8, 4) is 0 Å². The number of hydrogen-bond donors (Lipinski definition) is 5. The minimum absolute atomic E-state index is 0.0332. The predicted octanol–water partition coefficient (Wildman–Crippen LogP) is 2.07. The first kappa shape index (κ1) is 35.5. The summed E-state index contributed by atoms with van der Waals surface area (Å²) in [6.07, 6.45) is 4.87. The number of rotatable bonds is 14. The summed E-state index contributed by atoms with van der Waals surface area (Å²) in [6.45, 7) is 14.3. The summed E-state index contributed by atoms with van der Waals surface area (Å²) in [7, 11) is 0. The SMILES string of the molecule is CC(C)[C@@H](COC(=O)NCC1CC1)NC(=O)N[C@H](C(=O)N1C[C@H]2[C@@H]([C@H]1C(=O)NC(CC1CCC1)C(=O)C(N)=O)C2(C)C)C(C)(C)C. The molecule has 0 bridgehead atoms. The Balaban J connectivity index is 1.44. The van der Waals surface area contributed by atoms with Gasteiger partial charge in [0.15, 0.2) is 0 Å². The van der Waals surface area contributed by atoms with Crippen LogP contribution in [-0.4, -0.2) is 84.4 Å². The number of piperidine rings is 1. The van der Waals surface area contributed by atoms with Crippen molar-refractivity contribution in [2.75, 3.05) is 19.7 Å². The smallest absolute Gasteiger partial charge is 0.407 e. The van der Waals surface area contributed by atoms with Crippen molar-refractivity contribution in [3.05, 3.63) is 0 Å². The molecule has 1 aliphatic heterocycles. The van der Waals surface area contributed by atoms with Crippen molar-refractivity contribution in [2.24, 2.45) is 46.2 Å².